The third-order valence-corrected chi connectivity index (χ3v) is 5.58. The van der Waals surface area contributed by atoms with Gasteiger partial charge in [-0.15, -0.1) is 0 Å². The van der Waals surface area contributed by atoms with Crippen molar-refractivity contribution >= 4 is 51.2 Å². The highest BCUT2D eigenvalue weighted by molar-refractivity contribution is 7.92. The van der Waals surface area contributed by atoms with Crippen LogP contribution in [0.2, 0.25) is 0 Å². The van der Waals surface area contributed by atoms with Crippen molar-refractivity contribution in [2.75, 3.05) is 21.5 Å². The van der Waals surface area contributed by atoms with E-state index in [2.05, 4.69) is 20.0 Å². The predicted octanol–water partition coefficient (Wildman–Crippen LogP) is 0.403. The number of benzene rings is 1. The fourth-order valence-electron chi connectivity index (χ4n) is 2.87. The summed E-state index contributed by atoms with van der Waals surface area (Å²) in [6.07, 6.45) is 2.68. The smallest absolute Gasteiger partial charge is 0.423 e. The largest absolute Gasteiger partial charge is 0.491 e. The van der Waals surface area contributed by atoms with Crippen molar-refractivity contribution in [3.8, 4) is 0 Å². The van der Waals surface area contributed by atoms with E-state index in [1.54, 1.807) is 24.3 Å². The van der Waals surface area contributed by atoms with Crippen LogP contribution in [0.3, 0.4) is 0 Å². The van der Waals surface area contributed by atoms with Crippen molar-refractivity contribution in [1.82, 2.24) is 9.97 Å². The zero-order chi connectivity index (χ0) is 20.6. The number of sulfonamides is 1. The van der Waals surface area contributed by atoms with Crippen molar-refractivity contribution in [1.29, 1.82) is 0 Å². The first-order valence-electron chi connectivity index (χ1n) is 8.51. The Morgan fingerprint density at radius 2 is 1.86 bits per heavy atom. The molecule has 1 aliphatic rings. The lowest BCUT2D eigenvalue weighted by molar-refractivity contribution is 0.275. The van der Waals surface area contributed by atoms with Gasteiger partial charge >= 0.3 is 7.12 Å². The molecular weight excluding hydrogens is 395 g/mol. The van der Waals surface area contributed by atoms with Gasteiger partial charge in [0.1, 0.15) is 5.82 Å². The highest BCUT2D eigenvalue weighted by atomic mass is 32.2. The second kappa shape index (κ2) is 7.24. The zero-order valence-electron chi connectivity index (χ0n) is 15.0. The number of aromatic nitrogens is 2. The molecule has 1 aliphatic heterocycles. The molecule has 0 unspecified atom stereocenters. The van der Waals surface area contributed by atoms with Gasteiger partial charge in [-0.1, -0.05) is 6.07 Å². The van der Waals surface area contributed by atoms with Crippen LogP contribution in [0.15, 0.2) is 53.8 Å². The van der Waals surface area contributed by atoms with Crippen LogP contribution in [0, 0.1) is 0 Å². The molecule has 0 aliphatic carbocycles. The van der Waals surface area contributed by atoms with Crippen LogP contribution < -0.4 is 27.0 Å². The molecule has 12 heteroatoms. The van der Waals surface area contributed by atoms with Crippen molar-refractivity contribution in [3.63, 3.8) is 0 Å². The molecule has 4 rings (SSSR count). The van der Waals surface area contributed by atoms with E-state index in [4.69, 9.17) is 16.1 Å². The second-order valence-corrected chi connectivity index (χ2v) is 8.00. The average Bonchev–Trinajstić information content (AvgIpc) is 3.04. The van der Waals surface area contributed by atoms with E-state index in [1.165, 1.54) is 24.5 Å². The number of hydrogen-bond donors (Lipinski definition) is 5. The number of fused-ring (bicyclic) bond motifs is 1. The van der Waals surface area contributed by atoms with E-state index < -0.39 is 17.1 Å². The monoisotopic (exact) mass is 412 g/mol. The number of hydrogen-bond acceptors (Lipinski definition) is 9. The predicted molar refractivity (Wildman–Crippen MR) is 110 cm³/mol. The van der Waals surface area contributed by atoms with Gasteiger partial charge in [0.2, 0.25) is 0 Å². The molecule has 0 fully saturated rings. The quantitative estimate of drug-likeness (QED) is 0.373. The van der Waals surface area contributed by atoms with Crippen molar-refractivity contribution in [2.45, 2.75) is 11.6 Å². The van der Waals surface area contributed by atoms with Gasteiger partial charge < -0.3 is 26.5 Å². The fourth-order valence-corrected chi connectivity index (χ4v) is 4.00. The molecule has 0 saturated heterocycles. The number of nitrogens with two attached hydrogens (primary N) is 2. The number of nitrogen functional groups attached to an aromatic ring is 2. The van der Waals surface area contributed by atoms with Crippen molar-refractivity contribution in [2.24, 2.45) is 0 Å². The highest BCUT2D eigenvalue weighted by Crippen LogP contribution is 2.27. The Morgan fingerprint density at radius 1 is 1.07 bits per heavy atom. The van der Waals surface area contributed by atoms with Crippen LogP contribution in [0.1, 0.15) is 5.56 Å². The fraction of sp³-hybridized carbons (Fsp3) is 0.0588. The SMILES string of the molecule is Nc1ccc(Nc2cc(N)cnc2S(=O)(=O)Nc2ccc3c(c2)B(O)OC3)nc1. The van der Waals surface area contributed by atoms with Gasteiger partial charge in [-0.05, 0) is 41.4 Å². The average molecular weight is 412 g/mol. The molecule has 1 aromatic carbocycles. The lowest BCUT2D eigenvalue weighted by Gasteiger charge is -2.14. The van der Waals surface area contributed by atoms with Crippen LogP contribution in [0.25, 0.3) is 0 Å². The molecule has 2 aromatic heterocycles. The van der Waals surface area contributed by atoms with Crippen LogP contribution in [0.5, 0.6) is 0 Å². The maximum atomic E-state index is 13.0. The number of nitrogens with zero attached hydrogens (tertiary/aromatic N) is 2. The zero-order valence-corrected chi connectivity index (χ0v) is 15.8. The summed E-state index contributed by atoms with van der Waals surface area (Å²) < 4.78 is 33.5. The summed E-state index contributed by atoms with van der Waals surface area (Å²) in [7, 11) is -5.16. The Kier molecular flexibility index (Phi) is 4.74. The summed E-state index contributed by atoms with van der Waals surface area (Å²) in [4.78, 5) is 8.08. The Hall–Kier alpha value is -3.35. The van der Waals surface area contributed by atoms with E-state index >= 15 is 0 Å². The molecule has 0 radical (unpaired) electrons. The Morgan fingerprint density at radius 3 is 2.62 bits per heavy atom. The molecule has 3 aromatic rings. The minimum Gasteiger partial charge on any atom is -0.423 e. The molecule has 0 saturated carbocycles. The lowest BCUT2D eigenvalue weighted by Crippen LogP contribution is -2.28. The van der Waals surface area contributed by atoms with E-state index in [-0.39, 0.29) is 28.7 Å². The summed E-state index contributed by atoms with van der Waals surface area (Å²) in [5.41, 5.74) is 13.9. The maximum absolute atomic E-state index is 13.0. The number of nitrogens with one attached hydrogen (secondary N) is 2. The van der Waals surface area contributed by atoms with Crippen LogP contribution >= 0.6 is 0 Å². The minimum absolute atomic E-state index is 0.152. The topological polar surface area (TPSA) is 165 Å². The molecule has 7 N–H and O–H groups in total. The molecule has 10 nitrogen and oxygen atoms in total. The first-order valence-corrected chi connectivity index (χ1v) is 9.99. The van der Waals surface area contributed by atoms with Crippen LogP contribution in [-0.2, 0) is 21.3 Å². The molecule has 0 atom stereocenters. The second-order valence-electron chi connectivity index (χ2n) is 6.41. The van der Waals surface area contributed by atoms with Gasteiger partial charge in [0.15, 0.2) is 5.03 Å². The van der Waals surface area contributed by atoms with Gasteiger partial charge in [0, 0.05) is 5.69 Å². The minimum atomic E-state index is -4.08. The van der Waals surface area contributed by atoms with Gasteiger partial charge in [0.05, 0.1) is 36.1 Å². The van der Waals surface area contributed by atoms with E-state index in [0.29, 0.717) is 17.0 Å². The first-order chi connectivity index (χ1) is 13.8. The Labute approximate surface area is 167 Å². The van der Waals surface area contributed by atoms with Gasteiger partial charge in [-0.2, -0.15) is 8.42 Å². The Balaban J connectivity index is 1.66. The third kappa shape index (κ3) is 3.94. The van der Waals surface area contributed by atoms with E-state index in [0.717, 1.165) is 5.56 Å². The molecule has 0 spiro atoms. The number of rotatable bonds is 5. The normalized spacial score (nSPS) is 13.2. The summed E-state index contributed by atoms with van der Waals surface area (Å²) in [6.45, 7) is 0.270. The lowest BCUT2D eigenvalue weighted by atomic mass is 9.79. The summed E-state index contributed by atoms with van der Waals surface area (Å²) in [5, 5.41) is 12.5. The van der Waals surface area contributed by atoms with Crippen LogP contribution in [-0.4, -0.2) is 30.5 Å². The van der Waals surface area contributed by atoms with Crippen LogP contribution in [0.4, 0.5) is 28.6 Å². The molecule has 148 valence electrons. The third-order valence-electron chi connectivity index (χ3n) is 4.24. The molecule has 0 amide bonds. The Bertz CT molecular complexity index is 1170. The number of anilines is 5. The molecular formula is C17H17BN6O4S. The highest BCUT2D eigenvalue weighted by Gasteiger charge is 2.28. The van der Waals surface area contributed by atoms with Crippen molar-refractivity contribution < 1.29 is 18.1 Å². The van der Waals surface area contributed by atoms with Gasteiger partial charge in [0.25, 0.3) is 10.0 Å². The standard InChI is InChI=1S/C17H17BN6O4S/c19-11-2-4-16(21-7-11)23-15-5-12(20)8-22-17(15)29(26,27)24-13-3-1-10-9-28-18(25)14(10)6-13/h1-8,24-25H,9,19-20H2,(H,21,23). The van der Waals surface area contributed by atoms with Crippen molar-refractivity contribution in [3.05, 3.63) is 54.4 Å². The van der Waals surface area contributed by atoms with Gasteiger partial charge in [-0.3, -0.25) is 4.72 Å². The number of pyridine rings is 2. The van der Waals surface area contributed by atoms with E-state index in [1.807, 2.05) is 0 Å². The first kappa shape index (κ1) is 19.0. The summed E-state index contributed by atoms with van der Waals surface area (Å²) >= 11 is 0. The van der Waals surface area contributed by atoms with E-state index in [9.17, 15) is 13.4 Å². The maximum Gasteiger partial charge on any atom is 0.491 e. The summed E-state index contributed by atoms with van der Waals surface area (Å²) in [6, 6.07) is 9.47. The molecule has 29 heavy (non-hydrogen) atoms. The summed E-state index contributed by atoms with van der Waals surface area (Å²) in [5.74, 6) is 0.376. The molecule has 3 heterocycles. The molecule has 0 bridgehead atoms. The van der Waals surface area contributed by atoms with Gasteiger partial charge in [-0.25, -0.2) is 9.97 Å².